The van der Waals surface area contributed by atoms with Crippen molar-refractivity contribution in [3.05, 3.63) is 48.8 Å². The van der Waals surface area contributed by atoms with E-state index in [-0.39, 0.29) is 12.5 Å². The van der Waals surface area contributed by atoms with Crippen molar-refractivity contribution in [3.8, 4) is 5.75 Å². The first kappa shape index (κ1) is 12.9. The lowest BCUT2D eigenvalue weighted by atomic mass is 10.3. The summed E-state index contributed by atoms with van der Waals surface area (Å²) in [7, 11) is 1.69. The molecule has 0 aliphatic heterocycles. The molecule has 0 bridgehead atoms. The molecule has 5 heteroatoms. The second-order valence-corrected chi connectivity index (χ2v) is 3.98. The molecule has 0 aliphatic carbocycles. The monoisotopic (exact) mass is 257 g/mol. The molecule has 1 aromatic carbocycles. The van der Waals surface area contributed by atoms with Gasteiger partial charge < -0.3 is 15.4 Å². The predicted molar refractivity (Wildman–Crippen MR) is 74.0 cm³/mol. The Hall–Kier alpha value is -2.56. The topological polar surface area (TPSA) is 68.5 Å². The summed E-state index contributed by atoms with van der Waals surface area (Å²) < 4.78 is 5.41. The standard InChI is InChI=1S/C14H15N3O2/c1-17(11-6-8-16-9-7-11)14(18)10-19-13-5-3-2-4-12(13)15/h2-9H,10,15H2,1H3. The van der Waals surface area contributed by atoms with Crippen LogP contribution in [0.5, 0.6) is 5.75 Å². The molecule has 2 N–H and O–H groups in total. The van der Waals surface area contributed by atoms with Crippen molar-refractivity contribution in [1.29, 1.82) is 0 Å². The summed E-state index contributed by atoms with van der Waals surface area (Å²) in [5.74, 6) is 0.355. The number of anilines is 2. The minimum atomic E-state index is -0.158. The number of hydrogen-bond acceptors (Lipinski definition) is 4. The van der Waals surface area contributed by atoms with Crippen LogP contribution in [0, 0.1) is 0 Å². The fourth-order valence-corrected chi connectivity index (χ4v) is 1.56. The number of hydrogen-bond donors (Lipinski definition) is 1. The first-order valence-electron chi connectivity index (χ1n) is 5.82. The third-order valence-electron chi connectivity index (χ3n) is 2.69. The Bertz CT molecular complexity index is 558. The van der Waals surface area contributed by atoms with Crippen LogP contribution < -0.4 is 15.4 Å². The SMILES string of the molecule is CN(C(=O)COc1ccccc1N)c1ccncc1. The number of nitrogens with two attached hydrogens (primary N) is 1. The number of likely N-dealkylation sites (N-methyl/N-ethyl adjacent to an activating group) is 1. The highest BCUT2D eigenvalue weighted by Crippen LogP contribution is 2.20. The number of ether oxygens (including phenoxy) is 1. The molecule has 5 nitrogen and oxygen atoms in total. The molecule has 0 spiro atoms. The highest BCUT2D eigenvalue weighted by Gasteiger charge is 2.12. The van der Waals surface area contributed by atoms with Crippen LogP contribution in [0.15, 0.2) is 48.8 Å². The summed E-state index contributed by atoms with van der Waals surface area (Å²) >= 11 is 0. The van der Waals surface area contributed by atoms with E-state index in [1.165, 1.54) is 4.90 Å². The lowest BCUT2D eigenvalue weighted by Crippen LogP contribution is -2.31. The van der Waals surface area contributed by atoms with Gasteiger partial charge in [-0.15, -0.1) is 0 Å². The summed E-state index contributed by atoms with van der Waals surface area (Å²) in [5, 5.41) is 0. The summed E-state index contributed by atoms with van der Waals surface area (Å²) in [6.07, 6.45) is 3.27. The van der Waals surface area contributed by atoms with Crippen LogP contribution in [0.2, 0.25) is 0 Å². The number of aromatic nitrogens is 1. The van der Waals surface area contributed by atoms with Crippen LogP contribution >= 0.6 is 0 Å². The molecule has 0 aliphatic rings. The molecule has 0 fully saturated rings. The maximum atomic E-state index is 12.0. The number of amides is 1. The van der Waals surface area contributed by atoms with Crippen molar-refractivity contribution < 1.29 is 9.53 Å². The molecule has 1 amide bonds. The van der Waals surface area contributed by atoms with Gasteiger partial charge in [-0.2, -0.15) is 0 Å². The highest BCUT2D eigenvalue weighted by molar-refractivity contribution is 5.93. The van der Waals surface area contributed by atoms with Crippen LogP contribution in [0.4, 0.5) is 11.4 Å². The third-order valence-corrected chi connectivity index (χ3v) is 2.69. The van der Waals surface area contributed by atoms with E-state index in [4.69, 9.17) is 10.5 Å². The van der Waals surface area contributed by atoms with E-state index in [1.54, 1.807) is 43.7 Å². The van der Waals surface area contributed by atoms with Crippen molar-refractivity contribution in [1.82, 2.24) is 4.98 Å². The van der Waals surface area contributed by atoms with E-state index >= 15 is 0 Å². The van der Waals surface area contributed by atoms with Crippen LogP contribution in [0.25, 0.3) is 0 Å². The van der Waals surface area contributed by atoms with E-state index < -0.39 is 0 Å². The first-order valence-corrected chi connectivity index (χ1v) is 5.82. The quantitative estimate of drug-likeness (QED) is 0.846. The number of benzene rings is 1. The zero-order valence-electron chi connectivity index (χ0n) is 10.6. The van der Waals surface area contributed by atoms with Gasteiger partial charge >= 0.3 is 0 Å². The Morgan fingerprint density at radius 1 is 1.26 bits per heavy atom. The van der Waals surface area contributed by atoms with Gasteiger partial charge in [-0.05, 0) is 24.3 Å². The van der Waals surface area contributed by atoms with Crippen LogP contribution in [-0.2, 0) is 4.79 Å². The third kappa shape index (κ3) is 3.22. The van der Waals surface area contributed by atoms with Gasteiger partial charge in [0.25, 0.3) is 5.91 Å². The second kappa shape index (κ2) is 5.86. The van der Waals surface area contributed by atoms with Crippen molar-refractivity contribution in [2.75, 3.05) is 24.3 Å². The van der Waals surface area contributed by atoms with E-state index in [2.05, 4.69) is 4.98 Å². The molecule has 1 aromatic heterocycles. The van der Waals surface area contributed by atoms with E-state index in [0.717, 1.165) is 5.69 Å². The van der Waals surface area contributed by atoms with Crippen LogP contribution in [-0.4, -0.2) is 24.5 Å². The fraction of sp³-hybridized carbons (Fsp3) is 0.143. The summed E-state index contributed by atoms with van der Waals surface area (Å²) in [5.41, 5.74) is 7.02. The molecule has 2 rings (SSSR count). The highest BCUT2D eigenvalue weighted by atomic mass is 16.5. The largest absolute Gasteiger partial charge is 0.482 e. The van der Waals surface area contributed by atoms with Gasteiger partial charge in [-0.25, -0.2) is 0 Å². The number of para-hydroxylation sites is 2. The normalized spacial score (nSPS) is 9.95. The maximum Gasteiger partial charge on any atom is 0.264 e. The van der Waals surface area contributed by atoms with Gasteiger partial charge in [0.2, 0.25) is 0 Å². The van der Waals surface area contributed by atoms with Gasteiger partial charge in [0, 0.05) is 25.1 Å². The lowest BCUT2D eigenvalue weighted by molar-refractivity contribution is -0.120. The molecule has 98 valence electrons. The number of carbonyl (C=O) groups is 1. The molecule has 0 saturated heterocycles. The molecule has 0 radical (unpaired) electrons. The summed E-state index contributed by atoms with van der Waals surface area (Å²) in [6.45, 7) is -0.0625. The lowest BCUT2D eigenvalue weighted by Gasteiger charge is -2.17. The summed E-state index contributed by atoms with van der Waals surface area (Å²) in [6, 6.07) is 10.6. The van der Waals surface area contributed by atoms with Crippen molar-refractivity contribution in [3.63, 3.8) is 0 Å². The first-order chi connectivity index (χ1) is 9.18. The predicted octanol–water partition coefficient (Wildman–Crippen LogP) is 1.71. The smallest absolute Gasteiger partial charge is 0.264 e. The Kier molecular flexibility index (Phi) is 3.97. The van der Waals surface area contributed by atoms with E-state index in [0.29, 0.717) is 11.4 Å². The Morgan fingerprint density at radius 2 is 1.95 bits per heavy atom. The Balaban J connectivity index is 1.97. The molecule has 0 atom stereocenters. The number of rotatable bonds is 4. The average molecular weight is 257 g/mol. The Labute approximate surface area is 111 Å². The molecule has 0 saturated carbocycles. The minimum Gasteiger partial charge on any atom is -0.482 e. The van der Waals surface area contributed by atoms with E-state index in [1.807, 2.05) is 12.1 Å². The van der Waals surface area contributed by atoms with Crippen molar-refractivity contribution >= 4 is 17.3 Å². The van der Waals surface area contributed by atoms with Crippen molar-refractivity contribution in [2.24, 2.45) is 0 Å². The zero-order chi connectivity index (χ0) is 13.7. The van der Waals surface area contributed by atoms with Gasteiger partial charge in [-0.3, -0.25) is 9.78 Å². The van der Waals surface area contributed by atoms with Crippen molar-refractivity contribution in [2.45, 2.75) is 0 Å². The molecule has 2 aromatic rings. The average Bonchev–Trinajstić information content (AvgIpc) is 2.46. The van der Waals surface area contributed by atoms with Gasteiger partial charge in [0.15, 0.2) is 6.61 Å². The van der Waals surface area contributed by atoms with Crippen LogP contribution in [0.1, 0.15) is 0 Å². The van der Waals surface area contributed by atoms with Gasteiger partial charge in [0.05, 0.1) is 5.69 Å². The molecular formula is C14H15N3O2. The van der Waals surface area contributed by atoms with Gasteiger partial charge in [0.1, 0.15) is 5.75 Å². The Morgan fingerprint density at radius 3 is 2.63 bits per heavy atom. The molecule has 19 heavy (non-hydrogen) atoms. The number of pyridine rings is 1. The molecule has 0 unspecified atom stereocenters. The molecule has 1 heterocycles. The van der Waals surface area contributed by atoms with E-state index in [9.17, 15) is 4.79 Å². The van der Waals surface area contributed by atoms with Crippen LogP contribution in [0.3, 0.4) is 0 Å². The maximum absolute atomic E-state index is 12.0. The fourth-order valence-electron chi connectivity index (χ4n) is 1.56. The zero-order valence-corrected chi connectivity index (χ0v) is 10.6. The molecular weight excluding hydrogens is 242 g/mol. The number of nitrogens with zero attached hydrogens (tertiary/aromatic N) is 2. The van der Waals surface area contributed by atoms with Gasteiger partial charge in [-0.1, -0.05) is 12.1 Å². The minimum absolute atomic E-state index is 0.0625. The summed E-state index contributed by atoms with van der Waals surface area (Å²) in [4.78, 5) is 17.4. The second-order valence-electron chi connectivity index (χ2n) is 3.98. The number of nitrogen functional groups attached to an aromatic ring is 1. The number of carbonyl (C=O) groups excluding carboxylic acids is 1.